The van der Waals surface area contributed by atoms with Crippen LogP contribution in [0.2, 0.25) is 0 Å². The Balaban J connectivity index is 3.00. The minimum Gasteiger partial charge on any atom is -0.497 e. The molecule has 1 aromatic carbocycles. The fourth-order valence-corrected chi connectivity index (χ4v) is 1.78. The van der Waals surface area contributed by atoms with Crippen LogP contribution in [0.25, 0.3) is 0 Å². The van der Waals surface area contributed by atoms with Crippen molar-refractivity contribution in [1.29, 1.82) is 0 Å². The van der Waals surface area contributed by atoms with E-state index in [0.29, 0.717) is 30.1 Å². The zero-order chi connectivity index (χ0) is 15.1. The van der Waals surface area contributed by atoms with Gasteiger partial charge in [-0.3, -0.25) is 0 Å². The van der Waals surface area contributed by atoms with Crippen LogP contribution in [0, 0.1) is 0 Å². The molecule has 0 amide bonds. The van der Waals surface area contributed by atoms with Gasteiger partial charge in [-0.05, 0) is 32.4 Å². The average molecular weight is 282 g/mol. The first-order valence-corrected chi connectivity index (χ1v) is 6.72. The largest absolute Gasteiger partial charge is 0.497 e. The van der Waals surface area contributed by atoms with Crippen molar-refractivity contribution in [1.82, 2.24) is 0 Å². The number of methoxy groups -OCH3 is 1. The molecule has 0 saturated carbocycles. The highest BCUT2D eigenvalue weighted by atomic mass is 16.6. The normalized spacial score (nSPS) is 13.4. The summed E-state index contributed by atoms with van der Waals surface area (Å²) >= 11 is 0. The Morgan fingerprint density at radius 3 is 2.55 bits per heavy atom. The van der Waals surface area contributed by atoms with E-state index in [0.717, 1.165) is 0 Å². The highest BCUT2D eigenvalue weighted by Gasteiger charge is 2.22. The molecule has 0 radical (unpaired) electrons. The van der Waals surface area contributed by atoms with Gasteiger partial charge in [-0.15, -0.1) is 0 Å². The molecule has 0 spiro atoms. The summed E-state index contributed by atoms with van der Waals surface area (Å²) in [6.45, 7) is 5.53. The van der Waals surface area contributed by atoms with Crippen LogP contribution in [0.5, 0.6) is 11.5 Å². The molecule has 0 bridgehead atoms. The lowest BCUT2D eigenvalue weighted by molar-refractivity contribution is -0.151. The van der Waals surface area contributed by atoms with Crippen LogP contribution in [0.4, 0.5) is 0 Å². The molecule has 1 rings (SSSR count). The van der Waals surface area contributed by atoms with E-state index in [1.807, 2.05) is 6.92 Å². The van der Waals surface area contributed by atoms with Gasteiger partial charge < -0.3 is 19.3 Å². The van der Waals surface area contributed by atoms with Gasteiger partial charge in [0.2, 0.25) is 0 Å². The molecule has 0 heterocycles. The lowest BCUT2D eigenvalue weighted by atomic mass is 10.1. The van der Waals surface area contributed by atoms with Crippen LogP contribution in [-0.4, -0.2) is 30.9 Å². The number of aliphatic hydroxyl groups is 1. The summed E-state index contributed by atoms with van der Waals surface area (Å²) in [7, 11) is 1.55. The molecule has 112 valence electrons. The Hall–Kier alpha value is -1.75. The first-order chi connectivity index (χ1) is 9.53. The number of carbonyl (C=O) groups is 1. The molecular weight excluding hydrogens is 260 g/mol. The minimum atomic E-state index is -0.699. The number of hydrogen-bond acceptors (Lipinski definition) is 5. The molecule has 5 nitrogen and oxygen atoms in total. The maximum absolute atomic E-state index is 11.8. The number of esters is 1. The monoisotopic (exact) mass is 282 g/mol. The average Bonchev–Trinajstić information content (AvgIpc) is 2.44. The standard InChI is InChI=1S/C15H22O5/c1-5-13(15(17)19-6-2)20-14-9-11(18-4)7-8-12(14)10(3)16/h7-10,13,16H,5-6H2,1-4H3. The SMILES string of the molecule is CCOC(=O)C(CC)Oc1cc(OC)ccc1C(C)O. The van der Waals surface area contributed by atoms with E-state index >= 15 is 0 Å². The zero-order valence-electron chi connectivity index (χ0n) is 12.4. The van der Waals surface area contributed by atoms with Gasteiger partial charge in [0.15, 0.2) is 6.10 Å². The van der Waals surface area contributed by atoms with E-state index in [1.165, 1.54) is 0 Å². The molecule has 0 fully saturated rings. The second-order valence-corrected chi connectivity index (χ2v) is 4.35. The zero-order valence-corrected chi connectivity index (χ0v) is 12.4. The summed E-state index contributed by atoms with van der Waals surface area (Å²) in [6, 6.07) is 5.11. The summed E-state index contributed by atoms with van der Waals surface area (Å²) in [5.41, 5.74) is 0.605. The molecule has 2 atom stereocenters. The maximum atomic E-state index is 11.8. The number of carbonyl (C=O) groups excluding carboxylic acids is 1. The van der Waals surface area contributed by atoms with Crippen LogP contribution < -0.4 is 9.47 Å². The summed E-state index contributed by atoms with van der Waals surface area (Å²) in [6.07, 6.45) is -0.912. The number of aliphatic hydroxyl groups excluding tert-OH is 1. The van der Waals surface area contributed by atoms with Gasteiger partial charge in [0.1, 0.15) is 11.5 Å². The first kappa shape index (κ1) is 16.3. The second kappa shape index (κ2) is 7.75. The molecule has 1 N–H and O–H groups in total. The topological polar surface area (TPSA) is 65.0 Å². The first-order valence-electron chi connectivity index (χ1n) is 6.72. The van der Waals surface area contributed by atoms with Crippen LogP contribution in [0.15, 0.2) is 18.2 Å². The van der Waals surface area contributed by atoms with Gasteiger partial charge in [-0.1, -0.05) is 6.92 Å². The molecule has 0 aliphatic heterocycles. The van der Waals surface area contributed by atoms with Crippen molar-refractivity contribution in [2.24, 2.45) is 0 Å². The molecule has 20 heavy (non-hydrogen) atoms. The minimum absolute atomic E-state index is 0.306. The van der Waals surface area contributed by atoms with E-state index in [-0.39, 0.29) is 0 Å². The number of benzene rings is 1. The Labute approximate surface area is 119 Å². The number of ether oxygens (including phenoxy) is 3. The third-order valence-electron chi connectivity index (χ3n) is 2.86. The molecule has 5 heteroatoms. The van der Waals surface area contributed by atoms with Crippen LogP contribution in [-0.2, 0) is 9.53 Å². The molecular formula is C15H22O5. The number of rotatable bonds is 7. The Morgan fingerprint density at radius 1 is 1.35 bits per heavy atom. The predicted octanol–water partition coefficient (Wildman–Crippen LogP) is 2.47. The fraction of sp³-hybridized carbons (Fsp3) is 0.533. The van der Waals surface area contributed by atoms with Crippen molar-refractivity contribution in [2.45, 2.75) is 39.4 Å². The number of hydrogen-bond donors (Lipinski definition) is 1. The molecule has 2 unspecified atom stereocenters. The Morgan fingerprint density at radius 2 is 2.05 bits per heavy atom. The van der Waals surface area contributed by atoms with Crippen molar-refractivity contribution >= 4 is 5.97 Å². The summed E-state index contributed by atoms with van der Waals surface area (Å²) < 4.78 is 15.8. The summed E-state index contributed by atoms with van der Waals surface area (Å²) in [4.78, 5) is 11.8. The van der Waals surface area contributed by atoms with Crippen molar-refractivity contribution in [3.8, 4) is 11.5 Å². The lowest BCUT2D eigenvalue weighted by Crippen LogP contribution is -2.29. The van der Waals surface area contributed by atoms with E-state index in [1.54, 1.807) is 39.2 Å². The van der Waals surface area contributed by atoms with E-state index in [9.17, 15) is 9.90 Å². The molecule has 0 aromatic heterocycles. The van der Waals surface area contributed by atoms with E-state index in [2.05, 4.69) is 0 Å². The summed E-state index contributed by atoms with van der Waals surface area (Å²) in [5, 5.41) is 9.76. The Kier molecular flexibility index (Phi) is 6.31. The molecule has 0 aliphatic rings. The molecule has 0 aliphatic carbocycles. The molecule has 0 saturated heterocycles. The van der Waals surface area contributed by atoms with Crippen LogP contribution >= 0.6 is 0 Å². The lowest BCUT2D eigenvalue weighted by Gasteiger charge is -2.20. The van der Waals surface area contributed by atoms with Gasteiger partial charge in [0.05, 0.1) is 19.8 Å². The predicted molar refractivity (Wildman–Crippen MR) is 75.0 cm³/mol. The summed E-state index contributed by atoms with van der Waals surface area (Å²) in [5.74, 6) is 0.622. The van der Waals surface area contributed by atoms with Gasteiger partial charge in [-0.2, -0.15) is 0 Å². The van der Waals surface area contributed by atoms with Crippen molar-refractivity contribution in [3.63, 3.8) is 0 Å². The Bertz CT molecular complexity index is 442. The van der Waals surface area contributed by atoms with Gasteiger partial charge in [0, 0.05) is 11.6 Å². The van der Waals surface area contributed by atoms with Crippen LogP contribution in [0.1, 0.15) is 38.9 Å². The van der Waals surface area contributed by atoms with Gasteiger partial charge in [-0.25, -0.2) is 4.79 Å². The van der Waals surface area contributed by atoms with Crippen LogP contribution in [0.3, 0.4) is 0 Å². The van der Waals surface area contributed by atoms with Gasteiger partial charge >= 0.3 is 5.97 Å². The van der Waals surface area contributed by atoms with Crippen molar-refractivity contribution in [3.05, 3.63) is 23.8 Å². The van der Waals surface area contributed by atoms with E-state index in [4.69, 9.17) is 14.2 Å². The third-order valence-corrected chi connectivity index (χ3v) is 2.86. The fourth-order valence-electron chi connectivity index (χ4n) is 1.78. The highest BCUT2D eigenvalue weighted by molar-refractivity contribution is 5.75. The highest BCUT2D eigenvalue weighted by Crippen LogP contribution is 2.30. The van der Waals surface area contributed by atoms with Gasteiger partial charge in [0.25, 0.3) is 0 Å². The van der Waals surface area contributed by atoms with Crippen molar-refractivity contribution in [2.75, 3.05) is 13.7 Å². The third kappa shape index (κ3) is 4.13. The second-order valence-electron chi connectivity index (χ2n) is 4.35. The molecule has 1 aromatic rings. The van der Waals surface area contributed by atoms with Crippen molar-refractivity contribution < 1.29 is 24.1 Å². The van der Waals surface area contributed by atoms with E-state index < -0.39 is 18.2 Å². The quantitative estimate of drug-likeness (QED) is 0.778. The maximum Gasteiger partial charge on any atom is 0.347 e. The smallest absolute Gasteiger partial charge is 0.347 e.